The third kappa shape index (κ3) is 5.18. The van der Waals surface area contributed by atoms with Crippen molar-refractivity contribution < 1.29 is 14.3 Å². The summed E-state index contributed by atoms with van der Waals surface area (Å²) < 4.78 is 11.2. The molecule has 1 amide bonds. The number of carbonyl (C=O) groups excluding carboxylic acids is 1. The van der Waals surface area contributed by atoms with E-state index in [0.29, 0.717) is 24.5 Å². The molecule has 0 saturated carbocycles. The molecule has 0 aliphatic rings. The van der Waals surface area contributed by atoms with Crippen LogP contribution in [0.1, 0.15) is 11.1 Å². The lowest BCUT2D eigenvalue weighted by Crippen LogP contribution is -2.12. The largest absolute Gasteiger partial charge is 0.490 e. The average Bonchev–Trinajstić information content (AvgIpc) is 2.57. The maximum atomic E-state index is 11.0. The molecule has 0 atom stereocenters. The monoisotopic (exact) mass is 322 g/mol. The van der Waals surface area contributed by atoms with Crippen molar-refractivity contribution >= 4 is 12.0 Å². The number of ether oxygens (including phenoxy) is 2. The number of hydrogen-bond acceptors (Lipinski definition) is 4. The van der Waals surface area contributed by atoms with Gasteiger partial charge in [-0.05, 0) is 48.4 Å². The number of rotatable bonds is 7. The lowest BCUT2D eigenvalue weighted by molar-refractivity contribution is -0.114. The van der Waals surface area contributed by atoms with E-state index in [1.807, 2.05) is 31.2 Å². The lowest BCUT2D eigenvalue weighted by atomic mass is 10.1. The van der Waals surface area contributed by atoms with Crippen LogP contribution in [0.2, 0.25) is 0 Å². The first kappa shape index (κ1) is 17.1. The predicted molar refractivity (Wildman–Crippen MR) is 91.4 cm³/mol. The van der Waals surface area contributed by atoms with E-state index in [1.54, 1.807) is 30.3 Å². The standard InChI is InChI=1S/C19H18N2O3/c1-14-3-2-4-18(11-14)24-10-9-23-17-7-5-15(6-8-17)12-16(13-20)19(21)22/h2-8,11-12H,9-10H2,1H3,(H2,21,22)/b16-12+. The highest BCUT2D eigenvalue weighted by Gasteiger charge is 2.03. The van der Waals surface area contributed by atoms with E-state index in [4.69, 9.17) is 20.5 Å². The Labute approximate surface area is 140 Å². The molecule has 2 rings (SSSR count). The number of benzene rings is 2. The van der Waals surface area contributed by atoms with Crippen molar-refractivity contribution in [2.75, 3.05) is 13.2 Å². The number of nitriles is 1. The van der Waals surface area contributed by atoms with Crippen LogP contribution in [-0.2, 0) is 4.79 Å². The molecule has 0 spiro atoms. The highest BCUT2D eigenvalue weighted by Crippen LogP contribution is 2.15. The molecule has 24 heavy (non-hydrogen) atoms. The maximum absolute atomic E-state index is 11.0. The predicted octanol–water partition coefficient (Wildman–Crippen LogP) is 2.85. The van der Waals surface area contributed by atoms with Gasteiger partial charge in [0.15, 0.2) is 0 Å². The molecular weight excluding hydrogens is 304 g/mol. The number of amides is 1. The second-order valence-electron chi connectivity index (χ2n) is 5.12. The second kappa shape index (κ2) is 8.39. The van der Waals surface area contributed by atoms with Gasteiger partial charge in [0.25, 0.3) is 5.91 Å². The van der Waals surface area contributed by atoms with Crippen LogP contribution in [0.25, 0.3) is 6.08 Å². The van der Waals surface area contributed by atoms with Gasteiger partial charge in [0.05, 0.1) is 0 Å². The summed E-state index contributed by atoms with van der Waals surface area (Å²) in [5.41, 5.74) is 6.85. The second-order valence-corrected chi connectivity index (χ2v) is 5.12. The minimum atomic E-state index is -0.744. The van der Waals surface area contributed by atoms with E-state index in [-0.39, 0.29) is 5.57 Å². The van der Waals surface area contributed by atoms with Gasteiger partial charge in [-0.3, -0.25) is 4.79 Å². The molecule has 122 valence electrons. The molecule has 0 saturated heterocycles. The van der Waals surface area contributed by atoms with Gasteiger partial charge in [0.2, 0.25) is 0 Å². The van der Waals surface area contributed by atoms with Crippen LogP contribution in [-0.4, -0.2) is 19.1 Å². The lowest BCUT2D eigenvalue weighted by Gasteiger charge is -2.09. The van der Waals surface area contributed by atoms with Crippen molar-refractivity contribution in [2.45, 2.75) is 6.92 Å². The molecule has 2 aromatic carbocycles. The van der Waals surface area contributed by atoms with Gasteiger partial charge >= 0.3 is 0 Å². The highest BCUT2D eigenvalue weighted by atomic mass is 16.5. The zero-order chi connectivity index (χ0) is 17.4. The van der Waals surface area contributed by atoms with E-state index >= 15 is 0 Å². The Bertz CT molecular complexity index is 774. The van der Waals surface area contributed by atoms with Gasteiger partial charge < -0.3 is 15.2 Å². The Hall–Kier alpha value is -3.26. The smallest absolute Gasteiger partial charge is 0.259 e. The maximum Gasteiger partial charge on any atom is 0.259 e. The molecule has 0 aromatic heterocycles. The number of primary amides is 1. The van der Waals surface area contributed by atoms with Gasteiger partial charge in [-0.25, -0.2) is 0 Å². The summed E-state index contributed by atoms with van der Waals surface area (Å²) >= 11 is 0. The molecule has 5 heteroatoms. The minimum Gasteiger partial charge on any atom is -0.490 e. The van der Waals surface area contributed by atoms with E-state index in [2.05, 4.69) is 0 Å². The van der Waals surface area contributed by atoms with Crippen LogP contribution >= 0.6 is 0 Å². The minimum absolute atomic E-state index is 0.0878. The van der Waals surface area contributed by atoms with Crippen molar-refractivity contribution in [1.82, 2.24) is 0 Å². The fourth-order valence-electron chi connectivity index (χ4n) is 2.01. The van der Waals surface area contributed by atoms with E-state index in [9.17, 15) is 4.79 Å². The van der Waals surface area contributed by atoms with Gasteiger partial charge in [-0.15, -0.1) is 0 Å². The Kier molecular flexibility index (Phi) is 5.98. The van der Waals surface area contributed by atoms with Crippen molar-refractivity contribution in [2.24, 2.45) is 5.73 Å². The summed E-state index contributed by atoms with van der Waals surface area (Å²) in [5.74, 6) is 0.748. The normalized spacial score (nSPS) is 10.8. The molecule has 0 heterocycles. The topological polar surface area (TPSA) is 85.3 Å². The fraction of sp³-hybridized carbons (Fsp3) is 0.158. The molecule has 0 fully saturated rings. The Balaban J connectivity index is 1.84. The first-order valence-corrected chi connectivity index (χ1v) is 7.42. The van der Waals surface area contributed by atoms with Gasteiger partial charge in [0.1, 0.15) is 36.4 Å². The van der Waals surface area contributed by atoms with Crippen molar-refractivity contribution in [1.29, 1.82) is 5.26 Å². The third-order valence-corrected chi connectivity index (χ3v) is 3.19. The molecular formula is C19H18N2O3. The summed E-state index contributed by atoms with van der Waals surface area (Å²) in [6.07, 6.45) is 1.44. The Morgan fingerprint density at radius 2 is 1.79 bits per heavy atom. The van der Waals surface area contributed by atoms with E-state index < -0.39 is 5.91 Å². The molecule has 0 radical (unpaired) electrons. The van der Waals surface area contributed by atoms with Gasteiger partial charge in [-0.1, -0.05) is 24.3 Å². The number of nitrogens with zero attached hydrogens (tertiary/aromatic N) is 1. The molecule has 0 aliphatic heterocycles. The van der Waals surface area contributed by atoms with Crippen molar-refractivity contribution in [3.8, 4) is 17.6 Å². The Morgan fingerprint density at radius 3 is 2.38 bits per heavy atom. The summed E-state index contributed by atoms with van der Waals surface area (Å²) in [6, 6.07) is 16.6. The van der Waals surface area contributed by atoms with Crippen molar-refractivity contribution in [3.63, 3.8) is 0 Å². The van der Waals surface area contributed by atoms with Gasteiger partial charge in [0, 0.05) is 0 Å². The molecule has 2 aromatic rings. The van der Waals surface area contributed by atoms with Crippen LogP contribution in [0.3, 0.4) is 0 Å². The zero-order valence-electron chi connectivity index (χ0n) is 13.4. The SMILES string of the molecule is Cc1cccc(OCCOc2ccc(/C=C(\C#N)C(N)=O)cc2)c1. The van der Waals surface area contributed by atoms with Crippen LogP contribution in [0, 0.1) is 18.3 Å². The van der Waals surface area contributed by atoms with Gasteiger partial charge in [-0.2, -0.15) is 5.26 Å². The molecule has 2 N–H and O–H groups in total. The van der Waals surface area contributed by atoms with Crippen molar-refractivity contribution in [3.05, 3.63) is 65.2 Å². The number of nitrogens with two attached hydrogens (primary N) is 1. The summed E-state index contributed by atoms with van der Waals surface area (Å²) in [6.45, 7) is 2.86. The number of aryl methyl sites for hydroxylation is 1. The molecule has 0 unspecified atom stereocenters. The average molecular weight is 322 g/mol. The summed E-state index contributed by atoms with van der Waals surface area (Å²) in [7, 11) is 0. The van der Waals surface area contributed by atoms with Crippen LogP contribution in [0.4, 0.5) is 0 Å². The quantitative estimate of drug-likeness (QED) is 0.482. The first-order valence-electron chi connectivity index (χ1n) is 7.42. The molecule has 0 aliphatic carbocycles. The zero-order valence-corrected chi connectivity index (χ0v) is 13.4. The molecule has 5 nitrogen and oxygen atoms in total. The number of carbonyl (C=O) groups is 1. The van der Waals surface area contributed by atoms with E-state index in [1.165, 1.54) is 6.08 Å². The van der Waals surface area contributed by atoms with Crippen LogP contribution < -0.4 is 15.2 Å². The van der Waals surface area contributed by atoms with Crippen LogP contribution in [0.5, 0.6) is 11.5 Å². The summed E-state index contributed by atoms with van der Waals surface area (Å²) in [5, 5.41) is 8.81. The fourth-order valence-corrected chi connectivity index (χ4v) is 2.01. The third-order valence-electron chi connectivity index (χ3n) is 3.19. The number of hydrogen-bond donors (Lipinski definition) is 1. The Morgan fingerprint density at radius 1 is 1.12 bits per heavy atom. The first-order chi connectivity index (χ1) is 11.6. The summed E-state index contributed by atoms with van der Waals surface area (Å²) in [4.78, 5) is 11.0. The van der Waals surface area contributed by atoms with Crippen LogP contribution in [0.15, 0.2) is 54.1 Å². The van der Waals surface area contributed by atoms with E-state index in [0.717, 1.165) is 11.3 Å². The molecule has 0 bridgehead atoms. The highest BCUT2D eigenvalue weighted by molar-refractivity contribution is 6.00.